The summed E-state index contributed by atoms with van der Waals surface area (Å²) in [7, 11) is 0. The summed E-state index contributed by atoms with van der Waals surface area (Å²) in [5.41, 5.74) is 1.43. The van der Waals surface area contributed by atoms with E-state index in [1.165, 1.54) is 12.1 Å². The van der Waals surface area contributed by atoms with Crippen molar-refractivity contribution >= 4 is 12.2 Å². The summed E-state index contributed by atoms with van der Waals surface area (Å²) >= 11 is 5.16. The molecular weight excluding hydrogens is 224 g/mol. The minimum Gasteiger partial charge on any atom is -0.504 e. The molecule has 0 saturated heterocycles. The summed E-state index contributed by atoms with van der Waals surface area (Å²) in [6.45, 7) is 1.81. The molecule has 0 radical (unpaired) electrons. The third-order valence-electron chi connectivity index (χ3n) is 2.21. The van der Waals surface area contributed by atoms with Crippen molar-refractivity contribution in [3.8, 4) is 22.6 Å². The van der Waals surface area contributed by atoms with Crippen molar-refractivity contribution in [1.29, 1.82) is 0 Å². The van der Waals surface area contributed by atoms with Crippen molar-refractivity contribution in [2.24, 2.45) is 0 Å². The number of H-pyrrole nitrogens is 1. The second kappa shape index (κ2) is 3.94. The Bertz CT molecular complexity index is 593. The molecule has 2 aromatic rings. The van der Waals surface area contributed by atoms with Gasteiger partial charge in [-0.25, -0.2) is 4.98 Å². The van der Waals surface area contributed by atoms with Crippen LogP contribution >= 0.6 is 12.2 Å². The van der Waals surface area contributed by atoms with Gasteiger partial charge in [0.25, 0.3) is 0 Å². The lowest BCUT2D eigenvalue weighted by atomic mass is 10.1. The Kier molecular flexibility index (Phi) is 2.62. The summed E-state index contributed by atoms with van der Waals surface area (Å²) in [5, 5.41) is 18.6. The quantitative estimate of drug-likeness (QED) is 0.524. The fourth-order valence-electron chi connectivity index (χ4n) is 1.38. The molecule has 0 spiro atoms. The molecule has 1 aromatic heterocycles. The Balaban J connectivity index is 2.59. The lowest BCUT2D eigenvalue weighted by Crippen LogP contribution is -1.90. The normalized spacial score (nSPS) is 10.3. The van der Waals surface area contributed by atoms with E-state index in [4.69, 9.17) is 12.2 Å². The van der Waals surface area contributed by atoms with Gasteiger partial charge < -0.3 is 15.2 Å². The first-order chi connectivity index (χ1) is 7.58. The Morgan fingerprint density at radius 3 is 2.62 bits per heavy atom. The molecule has 0 aliphatic carbocycles. The smallest absolute Gasteiger partial charge is 0.158 e. The number of hydrogen-bond donors (Lipinski definition) is 3. The molecule has 0 fully saturated rings. The average Bonchev–Trinajstić information content (AvgIpc) is 2.22. The predicted octanol–water partition coefficient (Wildman–Crippen LogP) is 2.53. The fourth-order valence-corrected chi connectivity index (χ4v) is 1.70. The van der Waals surface area contributed by atoms with Crippen LogP contribution in [0.5, 0.6) is 11.5 Å². The van der Waals surface area contributed by atoms with Gasteiger partial charge in [0.05, 0.1) is 0 Å². The summed E-state index contributed by atoms with van der Waals surface area (Å²) in [4.78, 5) is 7.03. The zero-order chi connectivity index (χ0) is 11.7. The second-order valence-electron chi connectivity index (χ2n) is 3.41. The topological polar surface area (TPSA) is 69.1 Å². The molecule has 0 amide bonds. The number of nitrogens with one attached hydrogen (secondary N) is 1. The van der Waals surface area contributed by atoms with Gasteiger partial charge in [-0.05, 0) is 24.6 Å². The van der Waals surface area contributed by atoms with Crippen LogP contribution in [-0.4, -0.2) is 20.2 Å². The Morgan fingerprint density at radius 2 is 2.00 bits per heavy atom. The van der Waals surface area contributed by atoms with Gasteiger partial charge >= 0.3 is 0 Å². The monoisotopic (exact) mass is 234 g/mol. The molecule has 0 bridgehead atoms. The van der Waals surface area contributed by atoms with Gasteiger partial charge in [0.15, 0.2) is 11.5 Å². The Hall–Kier alpha value is -1.88. The van der Waals surface area contributed by atoms with Crippen molar-refractivity contribution in [2.45, 2.75) is 6.92 Å². The lowest BCUT2D eigenvalue weighted by Gasteiger charge is -2.04. The molecule has 82 valence electrons. The molecule has 1 heterocycles. The molecule has 0 unspecified atom stereocenters. The van der Waals surface area contributed by atoms with E-state index in [2.05, 4.69) is 9.97 Å². The maximum atomic E-state index is 9.39. The number of phenolic OH excluding ortho intramolecular Hbond substituents is 2. The summed E-state index contributed by atoms with van der Waals surface area (Å²) in [5.74, 6) is 0.406. The van der Waals surface area contributed by atoms with E-state index in [1.54, 1.807) is 12.3 Å². The van der Waals surface area contributed by atoms with E-state index in [-0.39, 0.29) is 11.5 Å². The SMILES string of the molecule is Cc1ncc(-c2ccc(O)c(O)c2)c(=S)[nH]1. The molecule has 0 saturated carbocycles. The molecule has 4 nitrogen and oxygen atoms in total. The van der Waals surface area contributed by atoms with Crippen molar-refractivity contribution < 1.29 is 10.2 Å². The van der Waals surface area contributed by atoms with Crippen LogP contribution in [-0.2, 0) is 0 Å². The number of aromatic nitrogens is 2. The standard InChI is InChI=1S/C11H10N2O2S/c1-6-12-5-8(11(16)13-6)7-2-3-9(14)10(15)4-7/h2-5,14-15H,1H3,(H,12,13,16). The Labute approximate surface area is 97.2 Å². The maximum absolute atomic E-state index is 9.39. The van der Waals surface area contributed by atoms with E-state index < -0.39 is 0 Å². The number of hydrogen-bond acceptors (Lipinski definition) is 4. The zero-order valence-corrected chi connectivity index (χ0v) is 9.38. The molecule has 0 atom stereocenters. The average molecular weight is 234 g/mol. The first-order valence-corrected chi connectivity index (χ1v) is 5.07. The number of phenols is 2. The van der Waals surface area contributed by atoms with E-state index in [9.17, 15) is 10.2 Å². The molecule has 2 rings (SSSR count). The number of rotatable bonds is 1. The minimum atomic E-state index is -0.174. The molecule has 5 heteroatoms. The van der Waals surface area contributed by atoms with Gasteiger partial charge in [-0.1, -0.05) is 18.3 Å². The third kappa shape index (κ3) is 1.90. The third-order valence-corrected chi connectivity index (χ3v) is 2.53. The highest BCUT2D eigenvalue weighted by molar-refractivity contribution is 7.71. The van der Waals surface area contributed by atoms with Crippen LogP contribution < -0.4 is 0 Å². The fraction of sp³-hybridized carbons (Fsp3) is 0.0909. The maximum Gasteiger partial charge on any atom is 0.158 e. The molecule has 0 aliphatic rings. The van der Waals surface area contributed by atoms with Crippen LogP contribution in [0.4, 0.5) is 0 Å². The number of nitrogens with zero attached hydrogens (tertiary/aromatic N) is 1. The van der Waals surface area contributed by atoms with Crippen molar-refractivity contribution in [3.63, 3.8) is 0 Å². The van der Waals surface area contributed by atoms with Gasteiger partial charge in [0.1, 0.15) is 10.5 Å². The first-order valence-electron chi connectivity index (χ1n) is 4.66. The van der Waals surface area contributed by atoms with Crippen molar-refractivity contribution in [3.05, 3.63) is 34.9 Å². The van der Waals surface area contributed by atoms with Crippen molar-refractivity contribution in [1.82, 2.24) is 9.97 Å². The van der Waals surface area contributed by atoms with E-state index in [1.807, 2.05) is 6.92 Å². The largest absolute Gasteiger partial charge is 0.504 e. The lowest BCUT2D eigenvalue weighted by molar-refractivity contribution is 0.404. The van der Waals surface area contributed by atoms with Gasteiger partial charge in [-0.15, -0.1) is 0 Å². The van der Waals surface area contributed by atoms with Gasteiger partial charge in [-0.3, -0.25) is 0 Å². The number of aromatic hydroxyl groups is 2. The van der Waals surface area contributed by atoms with Crippen LogP contribution in [0, 0.1) is 11.6 Å². The van der Waals surface area contributed by atoms with Crippen molar-refractivity contribution in [2.75, 3.05) is 0 Å². The number of aryl methyl sites for hydroxylation is 1. The number of aromatic amines is 1. The van der Waals surface area contributed by atoms with Gasteiger partial charge in [0.2, 0.25) is 0 Å². The van der Waals surface area contributed by atoms with Crippen LogP contribution in [0.1, 0.15) is 5.82 Å². The molecule has 16 heavy (non-hydrogen) atoms. The highest BCUT2D eigenvalue weighted by Crippen LogP contribution is 2.30. The summed E-state index contributed by atoms with van der Waals surface area (Å²) in [6, 6.07) is 4.54. The molecule has 1 aromatic carbocycles. The van der Waals surface area contributed by atoms with Crippen LogP contribution in [0.15, 0.2) is 24.4 Å². The highest BCUT2D eigenvalue weighted by atomic mass is 32.1. The van der Waals surface area contributed by atoms with Gasteiger partial charge in [-0.2, -0.15) is 0 Å². The van der Waals surface area contributed by atoms with E-state index >= 15 is 0 Å². The first kappa shape index (κ1) is 10.6. The second-order valence-corrected chi connectivity index (χ2v) is 3.82. The summed E-state index contributed by atoms with van der Waals surface area (Å²) < 4.78 is 0.553. The predicted molar refractivity (Wildman–Crippen MR) is 62.9 cm³/mol. The van der Waals surface area contributed by atoms with E-state index in [0.717, 1.165) is 11.4 Å². The molecular formula is C11H10N2O2S. The number of benzene rings is 1. The zero-order valence-electron chi connectivity index (χ0n) is 8.56. The highest BCUT2D eigenvalue weighted by Gasteiger charge is 2.05. The van der Waals surface area contributed by atoms with Crippen LogP contribution in [0.2, 0.25) is 0 Å². The molecule has 3 N–H and O–H groups in total. The van der Waals surface area contributed by atoms with Crippen LogP contribution in [0.25, 0.3) is 11.1 Å². The van der Waals surface area contributed by atoms with Crippen LogP contribution in [0.3, 0.4) is 0 Å². The Morgan fingerprint density at radius 1 is 1.25 bits per heavy atom. The molecule has 0 aliphatic heterocycles. The van der Waals surface area contributed by atoms with Gasteiger partial charge in [0, 0.05) is 11.8 Å². The van der Waals surface area contributed by atoms with E-state index in [0.29, 0.717) is 10.2 Å². The summed E-state index contributed by atoms with van der Waals surface area (Å²) in [6.07, 6.45) is 1.64. The minimum absolute atomic E-state index is 0.154.